The number of nitrogens with zero attached hydrogens (tertiary/aromatic N) is 1. The molecule has 3 aromatic rings. The van der Waals surface area contributed by atoms with Gasteiger partial charge in [0, 0.05) is 17.7 Å². The Morgan fingerprint density at radius 3 is 2.33 bits per heavy atom. The van der Waals surface area contributed by atoms with E-state index >= 15 is 0 Å². The molecule has 1 aromatic heterocycles. The van der Waals surface area contributed by atoms with Crippen molar-refractivity contribution in [3.05, 3.63) is 75.6 Å². The molecule has 6 N–H and O–H groups in total. The van der Waals surface area contributed by atoms with Crippen molar-refractivity contribution in [3.63, 3.8) is 0 Å². The summed E-state index contributed by atoms with van der Waals surface area (Å²) in [6.45, 7) is 4.17. The molecule has 0 aliphatic heterocycles. The fourth-order valence-electron chi connectivity index (χ4n) is 3.85. The van der Waals surface area contributed by atoms with E-state index in [1.807, 2.05) is 56.3 Å². The summed E-state index contributed by atoms with van der Waals surface area (Å²) in [5, 5.41) is 3.62. The van der Waals surface area contributed by atoms with Gasteiger partial charge in [-0.25, -0.2) is 5.84 Å². The first kappa shape index (κ1) is 26.8. The lowest BCUT2D eigenvalue weighted by atomic mass is 9.96. The smallest absolute Gasteiger partial charge is 0.389 e. The lowest BCUT2D eigenvalue weighted by Crippen LogP contribution is -2.36. The highest BCUT2D eigenvalue weighted by Crippen LogP contribution is 2.30. The van der Waals surface area contributed by atoms with E-state index in [4.69, 9.17) is 16.4 Å². The number of H-pyrrole nitrogens is 1. The van der Waals surface area contributed by atoms with Gasteiger partial charge in [-0.15, -0.1) is 0 Å². The van der Waals surface area contributed by atoms with E-state index in [9.17, 15) is 18.0 Å². The zero-order valence-corrected chi connectivity index (χ0v) is 20.2. The predicted molar refractivity (Wildman–Crippen MR) is 135 cm³/mol. The normalized spacial score (nSPS) is 12.0. The summed E-state index contributed by atoms with van der Waals surface area (Å²) in [7, 11) is 0. The number of nitrogens with one attached hydrogen (secondary N) is 2. The lowest BCUT2D eigenvalue weighted by Gasteiger charge is -2.14. The highest BCUT2D eigenvalue weighted by Gasteiger charge is 2.25. The molecule has 3 rings (SSSR count). The lowest BCUT2D eigenvalue weighted by molar-refractivity contribution is -0.135. The van der Waals surface area contributed by atoms with Gasteiger partial charge in [0.15, 0.2) is 5.84 Å². The van der Waals surface area contributed by atoms with E-state index < -0.39 is 18.2 Å². The highest BCUT2D eigenvalue weighted by atomic mass is 19.4. The maximum absolute atomic E-state index is 13.1. The number of hydrogen-bond acceptors (Lipinski definition) is 5. The first-order valence-electron chi connectivity index (χ1n) is 11.5. The number of amidine groups is 1. The Bertz CT molecular complexity index is 1270. The number of aromatic amines is 1. The summed E-state index contributed by atoms with van der Waals surface area (Å²) in [4.78, 5) is 16.0. The van der Waals surface area contributed by atoms with Crippen LogP contribution < -0.4 is 27.4 Å². The number of aryl methyl sites for hydroxylation is 2. The van der Waals surface area contributed by atoms with Crippen LogP contribution in [0.15, 0.2) is 58.4 Å². The van der Waals surface area contributed by atoms with Gasteiger partial charge in [-0.05, 0) is 74.1 Å². The molecule has 0 unspecified atom stereocenters. The third-order valence-electron chi connectivity index (χ3n) is 5.75. The fourth-order valence-corrected chi connectivity index (χ4v) is 3.85. The van der Waals surface area contributed by atoms with Gasteiger partial charge in [-0.2, -0.15) is 18.3 Å². The second-order valence-electron chi connectivity index (χ2n) is 8.54. The number of halogens is 3. The molecular formula is C26H30F3N5O2. The third kappa shape index (κ3) is 6.88. The van der Waals surface area contributed by atoms with Gasteiger partial charge >= 0.3 is 6.18 Å². The Morgan fingerprint density at radius 2 is 1.72 bits per heavy atom. The number of aromatic nitrogens is 1. The number of hydrogen-bond donors (Lipinski definition) is 4. The Morgan fingerprint density at radius 1 is 1.03 bits per heavy atom. The zero-order valence-electron chi connectivity index (χ0n) is 20.2. The Hall–Kier alpha value is -3.79. The molecule has 2 aromatic carbocycles. The van der Waals surface area contributed by atoms with Gasteiger partial charge in [0.25, 0.3) is 5.56 Å². The summed E-state index contributed by atoms with van der Waals surface area (Å²) in [5.74, 6) is 11.7. The summed E-state index contributed by atoms with van der Waals surface area (Å²) in [5.41, 5.74) is 6.82. The van der Waals surface area contributed by atoms with Gasteiger partial charge < -0.3 is 21.0 Å². The molecular weight excluding hydrogens is 471 g/mol. The molecule has 0 aliphatic carbocycles. The van der Waals surface area contributed by atoms with Crippen molar-refractivity contribution in [1.82, 2.24) is 10.4 Å². The molecule has 10 heteroatoms. The molecule has 0 atom stereocenters. The van der Waals surface area contributed by atoms with Crippen LogP contribution >= 0.6 is 0 Å². The molecule has 0 spiro atoms. The van der Waals surface area contributed by atoms with Crippen LogP contribution in [0.4, 0.5) is 13.2 Å². The van der Waals surface area contributed by atoms with Crippen LogP contribution in [0.25, 0.3) is 22.4 Å². The van der Waals surface area contributed by atoms with Crippen molar-refractivity contribution in [2.45, 2.75) is 45.7 Å². The molecule has 0 bridgehead atoms. The van der Waals surface area contributed by atoms with Crippen molar-refractivity contribution in [2.75, 3.05) is 6.61 Å². The molecule has 36 heavy (non-hydrogen) atoms. The van der Waals surface area contributed by atoms with Gasteiger partial charge in [0.2, 0.25) is 0 Å². The van der Waals surface area contributed by atoms with Gasteiger partial charge in [0.1, 0.15) is 5.75 Å². The quantitative estimate of drug-likeness (QED) is 0.109. The number of alkyl halides is 3. The van der Waals surface area contributed by atoms with Crippen molar-refractivity contribution in [2.24, 2.45) is 16.8 Å². The topological polar surface area (TPSA) is 119 Å². The van der Waals surface area contributed by atoms with Crippen LogP contribution in [0.5, 0.6) is 5.75 Å². The molecule has 0 amide bonds. The minimum absolute atomic E-state index is 0.0496. The van der Waals surface area contributed by atoms with Crippen LogP contribution in [0.1, 0.15) is 42.4 Å². The SMILES string of the molecule is Cc1ccc(-c2cc(-c3ccc(OCCCCCC(F)(F)F)c(C)c3)[nH]c(=O)c2/C(=N/N)NN)cc1. The second kappa shape index (κ2) is 11.8. The average molecular weight is 502 g/mol. The van der Waals surface area contributed by atoms with Gasteiger partial charge in [0.05, 0.1) is 12.2 Å². The Kier molecular flexibility index (Phi) is 8.76. The number of rotatable bonds is 9. The number of hydrazine groups is 1. The molecule has 0 saturated heterocycles. The van der Waals surface area contributed by atoms with Crippen molar-refractivity contribution < 1.29 is 17.9 Å². The number of benzene rings is 2. The molecule has 0 fully saturated rings. The van der Waals surface area contributed by atoms with E-state index in [2.05, 4.69) is 15.5 Å². The van der Waals surface area contributed by atoms with Crippen molar-refractivity contribution in [3.8, 4) is 28.1 Å². The van der Waals surface area contributed by atoms with E-state index in [-0.39, 0.29) is 17.8 Å². The van der Waals surface area contributed by atoms with Crippen molar-refractivity contribution >= 4 is 5.84 Å². The molecule has 0 aliphatic rings. The van der Waals surface area contributed by atoms with E-state index in [1.54, 1.807) is 6.07 Å². The summed E-state index contributed by atoms with van der Waals surface area (Å²) in [6.07, 6.45) is -3.83. The number of nitrogens with two attached hydrogens (primary N) is 2. The van der Waals surface area contributed by atoms with E-state index in [0.717, 1.165) is 22.3 Å². The van der Waals surface area contributed by atoms with Gasteiger partial charge in [-0.1, -0.05) is 29.8 Å². The monoisotopic (exact) mass is 501 g/mol. The van der Waals surface area contributed by atoms with Crippen LogP contribution in [-0.2, 0) is 0 Å². The number of hydrazone groups is 1. The van der Waals surface area contributed by atoms with Crippen molar-refractivity contribution in [1.29, 1.82) is 0 Å². The molecule has 7 nitrogen and oxygen atoms in total. The highest BCUT2D eigenvalue weighted by molar-refractivity contribution is 6.04. The number of unbranched alkanes of at least 4 members (excludes halogenated alkanes) is 2. The number of ether oxygens (including phenoxy) is 1. The Labute approximate surface area is 207 Å². The zero-order chi connectivity index (χ0) is 26.3. The first-order chi connectivity index (χ1) is 17.1. The van der Waals surface area contributed by atoms with Crippen LogP contribution in [0.3, 0.4) is 0 Å². The van der Waals surface area contributed by atoms with Gasteiger partial charge in [-0.3, -0.25) is 4.79 Å². The van der Waals surface area contributed by atoms with Crippen LogP contribution in [0.2, 0.25) is 0 Å². The largest absolute Gasteiger partial charge is 0.493 e. The maximum Gasteiger partial charge on any atom is 0.389 e. The third-order valence-corrected chi connectivity index (χ3v) is 5.75. The summed E-state index contributed by atoms with van der Waals surface area (Å²) >= 11 is 0. The molecule has 0 saturated carbocycles. The second-order valence-corrected chi connectivity index (χ2v) is 8.54. The maximum atomic E-state index is 13.1. The minimum Gasteiger partial charge on any atom is -0.493 e. The standard InChI is InChI=1S/C26H30F3N5O2/c1-16-6-8-18(9-7-16)20-15-21(32-25(35)23(20)24(33-30)34-31)19-10-11-22(17(2)14-19)36-13-5-3-4-12-26(27,28)29/h6-11,14-15H,3-5,12-13,30-31H2,1-2H3,(H,32,35)(H,33,34). The predicted octanol–water partition coefficient (Wildman–Crippen LogP) is 4.91. The van der Waals surface area contributed by atoms with E-state index in [0.29, 0.717) is 36.5 Å². The van der Waals surface area contributed by atoms with E-state index in [1.165, 1.54) is 0 Å². The minimum atomic E-state index is -4.12. The average Bonchev–Trinajstić information content (AvgIpc) is 2.83. The van der Waals surface area contributed by atoms with Crippen LogP contribution in [-0.4, -0.2) is 23.6 Å². The number of pyridine rings is 1. The summed E-state index contributed by atoms with van der Waals surface area (Å²) in [6, 6.07) is 15.0. The molecule has 0 radical (unpaired) electrons. The first-order valence-corrected chi connectivity index (χ1v) is 11.5. The van der Waals surface area contributed by atoms with Crippen LogP contribution in [0, 0.1) is 13.8 Å². The molecule has 1 heterocycles. The Balaban J connectivity index is 1.85. The fraction of sp³-hybridized carbons (Fsp3) is 0.308. The summed E-state index contributed by atoms with van der Waals surface area (Å²) < 4.78 is 42.5. The molecule has 192 valence electrons.